The molecule has 1 unspecified atom stereocenters. The highest BCUT2D eigenvalue weighted by Crippen LogP contribution is 2.23. The van der Waals surface area contributed by atoms with E-state index < -0.39 is 0 Å². The van der Waals surface area contributed by atoms with Crippen molar-refractivity contribution < 1.29 is 0 Å². The summed E-state index contributed by atoms with van der Waals surface area (Å²) in [6.45, 7) is 6.21. The van der Waals surface area contributed by atoms with E-state index in [1.54, 1.807) is 0 Å². The van der Waals surface area contributed by atoms with Gasteiger partial charge in [0.25, 0.3) is 0 Å². The number of likely N-dealkylation sites (N-methyl/N-ethyl adjacent to an activating group) is 1. The van der Waals surface area contributed by atoms with E-state index >= 15 is 0 Å². The molecule has 0 radical (unpaired) electrons. The van der Waals surface area contributed by atoms with Gasteiger partial charge in [-0.1, -0.05) is 26.3 Å². The maximum atomic E-state index is 6.02. The largest absolute Gasteiger partial charge is 0.329 e. The molecule has 0 amide bonds. The van der Waals surface area contributed by atoms with Gasteiger partial charge in [-0.25, -0.2) is 0 Å². The molecule has 1 aromatic heterocycles. The molecule has 0 saturated heterocycles. The zero-order valence-electron chi connectivity index (χ0n) is 12.0. The highest BCUT2D eigenvalue weighted by Gasteiger charge is 2.29. The van der Waals surface area contributed by atoms with Crippen molar-refractivity contribution in [1.82, 2.24) is 9.88 Å². The summed E-state index contributed by atoms with van der Waals surface area (Å²) in [6.07, 6.45) is 6.30. The van der Waals surface area contributed by atoms with Gasteiger partial charge >= 0.3 is 0 Å². The van der Waals surface area contributed by atoms with Gasteiger partial charge in [0.05, 0.1) is 0 Å². The molecule has 0 fully saturated rings. The molecular formula is C15H27N3. The van der Waals surface area contributed by atoms with E-state index in [9.17, 15) is 0 Å². The Morgan fingerprint density at radius 3 is 2.61 bits per heavy atom. The summed E-state index contributed by atoms with van der Waals surface area (Å²) in [5, 5.41) is 0. The fourth-order valence-electron chi connectivity index (χ4n) is 2.57. The van der Waals surface area contributed by atoms with Crippen LogP contribution in [0.15, 0.2) is 24.4 Å². The van der Waals surface area contributed by atoms with Crippen LogP contribution in [0, 0.1) is 0 Å². The van der Waals surface area contributed by atoms with E-state index in [0.29, 0.717) is 0 Å². The fourth-order valence-corrected chi connectivity index (χ4v) is 2.57. The molecule has 0 aliphatic rings. The second-order valence-electron chi connectivity index (χ2n) is 5.02. The summed E-state index contributed by atoms with van der Waals surface area (Å²) in [5.74, 6) is 0. The van der Waals surface area contributed by atoms with E-state index in [1.807, 2.05) is 18.3 Å². The van der Waals surface area contributed by atoms with Crippen molar-refractivity contribution in [2.24, 2.45) is 5.73 Å². The average molecular weight is 249 g/mol. The Balaban J connectivity index is 2.59. The SMILES string of the molecule is CCCC(CC)(CN)N(C)CCc1ccccn1. The molecule has 0 bridgehead atoms. The van der Waals surface area contributed by atoms with Gasteiger partial charge in [0.1, 0.15) is 0 Å². The Morgan fingerprint density at radius 1 is 1.33 bits per heavy atom. The summed E-state index contributed by atoms with van der Waals surface area (Å²) in [5.41, 5.74) is 7.33. The van der Waals surface area contributed by atoms with Crippen LogP contribution in [0.3, 0.4) is 0 Å². The summed E-state index contributed by atoms with van der Waals surface area (Å²) in [7, 11) is 2.19. The standard InChI is InChI=1S/C15H27N3/c1-4-10-15(5-2,13-16)18(3)12-9-14-8-6-7-11-17-14/h6-8,11H,4-5,9-10,12-13,16H2,1-3H3. The van der Waals surface area contributed by atoms with Crippen molar-refractivity contribution in [3.05, 3.63) is 30.1 Å². The van der Waals surface area contributed by atoms with Crippen LogP contribution in [-0.4, -0.2) is 35.6 Å². The van der Waals surface area contributed by atoms with Gasteiger partial charge in [-0.15, -0.1) is 0 Å². The van der Waals surface area contributed by atoms with E-state index in [0.717, 1.165) is 31.6 Å². The Kier molecular flexibility index (Phi) is 6.30. The molecule has 1 atom stereocenters. The number of hydrogen-bond donors (Lipinski definition) is 1. The molecule has 0 aliphatic carbocycles. The maximum absolute atomic E-state index is 6.02. The molecule has 102 valence electrons. The lowest BCUT2D eigenvalue weighted by molar-refractivity contribution is 0.110. The van der Waals surface area contributed by atoms with Crippen molar-refractivity contribution in [3.63, 3.8) is 0 Å². The Morgan fingerprint density at radius 2 is 2.11 bits per heavy atom. The van der Waals surface area contributed by atoms with Crippen LogP contribution in [0.25, 0.3) is 0 Å². The van der Waals surface area contributed by atoms with Crippen molar-refractivity contribution >= 4 is 0 Å². The van der Waals surface area contributed by atoms with Gasteiger partial charge in [-0.2, -0.15) is 0 Å². The monoisotopic (exact) mass is 249 g/mol. The average Bonchev–Trinajstić information content (AvgIpc) is 2.43. The first kappa shape index (κ1) is 15.1. The summed E-state index contributed by atoms with van der Waals surface area (Å²) < 4.78 is 0. The van der Waals surface area contributed by atoms with Gasteiger partial charge in [0, 0.05) is 36.9 Å². The number of nitrogens with zero attached hydrogens (tertiary/aromatic N) is 2. The fraction of sp³-hybridized carbons (Fsp3) is 0.667. The van der Waals surface area contributed by atoms with Crippen molar-refractivity contribution in [3.8, 4) is 0 Å². The number of hydrogen-bond acceptors (Lipinski definition) is 3. The van der Waals surface area contributed by atoms with Crippen LogP contribution in [0.5, 0.6) is 0 Å². The van der Waals surface area contributed by atoms with E-state index in [1.165, 1.54) is 12.8 Å². The third-order valence-corrected chi connectivity index (χ3v) is 3.99. The van der Waals surface area contributed by atoms with Crippen molar-refractivity contribution in [2.75, 3.05) is 20.1 Å². The second kappa shape index (κ2) is 7.49. The Bertz CT molecular complexity index is 320. The van der Waals surface area contributed by atoms with Gasteiger partial charge in [0.15, 0.2) is 0 Å². The summed E-state index contributed by atoms with van der Waals surface area (Å²) >= 11 is 0. The summed E-state index contributed by atoms with van der Waals surface area (Å²) in [6, 6.07) is 6.09. The first-order chi connectivity index (χ1) is 8.68. The number of aromatic nitrogens is 1. The van der Waals surface area contributed by atoms with Gasteiger partial charge < -0.3 is 5.73 Å². The lowest BCUT2D eigenvalue weighted by atomic mass is 9.88. The normalized spacial score (nSPS) is 14.7. The molecule has 2 N–H and O–H groups in total. The molecule has 1 aromatic rings. The van der Waals surface area contributed by atoms with Crippen LogP contribution >= 0.6 is 0 Å². The first-order valence-corrected chi connectivity index (χ1v) is 6.99. The Labute approximate surface area is 111 Å². The maximum Gasteiger partial charge on any atom is 0.0416 e. The molecule has 0 aromatic carbocycles. The topological polar surface area (TPSA) is 42.1 Å². The molecule has 0 saturated carbocycles. The lowest BCUT2D eigenvalue weighted by Crippen LogP contribution is -2.52. The minimum atomic E-state index is 0.156. The predicted octanol–water partition coefficient (Wildman–Crippen LogP) is 2.46. The molecule has 0 spiro atoms. The van der Waals surface area contributed by atoms with Crippen molar-refractivity contribution in [1.29, 1.82) is 0 Å². The molecule has 3 heteroatoms. The zero-order valence-corrected chi connectivity index (χ0v) is 12.0. The third-order valence-electron chi connectivity index (χ3n) is 3.99. The highest BCUT2D eigenvalue weighted by molar-refractivity contribution is 5.04. The van der Waals surface area contributed by atoms with Crippen LogP contribution in [0.4, 0.5) is 0 Å². The van der Waals surface area contributed by atoms with Crippen LogP contribution in [0.1, 0.15) is 38.8 Å². The Hall–Kier alpha value is -0.930. The minimum absolute atomic E-state index is 0.156. The zero-order chi connectivity index (χ0) is 13.4. The number of rotatable bonds is 8. The molecule has 0 aliphatic heterocycles. The molecule has 1 heterocycles. The van der Waals surface area contributed by atoms with Crippen LogP contribution < -0.4 is 5.73 Å². The molecule has 1 rings (SSSR count). The quantitative estimate of drug-likeness (QED) is 0.769. The van der Waals surface area contributed by atoms with E-state index in [-0.39, 0.29) is 5.54 Å². The lowest BCUT2D eigenvalue weighted by Gasteiger charge is -2.40. The van der Waals surface area contributed by atoms with Gasteiger partial charge in [0.2, 0.25) is 0 Å². The van der Waals surface area contributed by atoms with Crippen LogP contribution in [-0.2, 0) is 6.42 Å². The van der Waals surface area contributed by atoms with Gasteiger partial charge in [-0.05, 0) is 32.0 Å². The third kappa shape index (κ3) is 3.79. The van der Waals surface area contributed by atoms with Crippen LogP contribution in [0.2, 0.25) is 0 Å². The van der Waals surface area contributed by atoms with E-state index in [2.05, 4.69) is 36.8 Å². The second-order valence-corrected chi connectivity index (χ2v) is 5.02. The highest BCUT2D eigenvalue weighted by atomic mass is 15.2. The minimum Gasteiger partial charge on any atom is -0.329 e. The van der Waals surface area contributed by atoms with Crippen molar-refractivity contribution in [2.45, 2.75) is 45.1 Å². The number of pyridine rings is 1. The molecule has 18 heavy (non-hydrogen) atoms. The number of nitrogens with two attached hydrogens (primary N) is 1. The van der Waals surface area contributed by atoms with E-state index in [4.69, 9.17) is 5.73 Å². The summed E-state index contributed by atoms with van der Waals surface area (Å²) in [4.78, 5) is 6.79. The first-order valence-electron chi connectivity index (χ1n) is 6.99. The smallest absolute Gasteiger partial charge is 0.0416 e. The molecule has 3 nitrogen and oxygen atoms in total. The molecular weight excluding hydrogens is 222 g/mol. The van der Waals surface area contributed by atoms with Gasteiger partial charge in [-0.3, -0.25) is 9.88 Å². The predicted molar refractivity (Wildman–Crippen MR) is 77.6 cm³/mol.